The average Bonchev–Trinajstić information content (AvgIpc) is 2.74. The lowest BCUT2D eigenvalue weighted by Gasteiger charge is -2.03. The van der Waals surface area contributed by atoms with Gasteiger partial charge in [-0.1, -0.05) is 12.1 Å². The van der Waals surface area contributed by atoms with Gasteiger partial charge in [0, 0.05) is 0 Å². The van der Waals surface area contributed by atoms with Crippen LogP contribution in [0.1, 0.15) is 0 Å². The molecule has 2 heterocycles. The minimum Gasteiger partial charge on any atom is -0.280 e. The van der Waals surface area contributed by atoms with Gasteiger partial charge >= 0.3 is 0 Å². The van der Waals surface area contributed by atoms with Gasteiger partial charge in [0.15, 0.2) is 5.65 Å². The number of hydrogen-bond donors (Lipinski definition) is 0. The molecule has 3 rings (SSSR count). The average molecular weight is 214 g/mol. The van der Waals surface area contributed by atoms with E-state index >= 15 is 0 Å². The molecular weight excluding hydrogens is 207 g/mol. The van der Waals surface area contributed by atoms with Crippen molar-refractivity contribution in [1.29, 1.82) is 0 Å². The van der Waals surface area contributed by atoms with E-state index in [1.165, 1.54) is 18.7 Å². The predicted molar refractivity (Wildman–Crippen MR) is 56.6 cm³/mol. The Labute approximate surface area is 90.4 Å². The third kappa shape index (κ3) is 1.25. The van der Waals surface area contributed by atoms with Crippen molar-refractivity contribution < 1.29 is 4.39 Å². The first kappa shape index (κ1) is 8.96. The molecule has 0 saturated heterocycles. The van der Waals surface area contributed by atoms with E-state index in [1.807, 2.05) is 0 Å². The summed E-state index contributed by atoms with van der Waals surface area (Å²) >= 11 is 0. The molecule has 0 bridgehead atoms. The molecule has 3 aromatic rings. The number of hydrogen-bond acceptors (Lipinski definition) is 3. The molecule has 0 aliphatic heterocycles. The van der Waals surface area contributed by atoms with Crippen LogP contribution >= 0.6 is 0 Å². The van der Waals surface area contributed by atoms with Crippen molar-refractivity contribution in [1.82, 2.24) is 19.5 Å². The molecule has 0 radical (unpaired) electrons. The number of nitrogens with zero attached hydrogens (tertiary/aromatic N) is 4. The van der Waals surface area contributed by atoms with E-state index in [4.69, 9.17) is 0 Å². The minimum atomic E-state index is -0.305. The Morgan fingerprint density at radius 2 is 2.00 bits per heavy atom. The van der Waals surface area contributed by atoms with Crippen LogP contribution in [0.3, 0.4) is 0 Å². The van der Waals surface area contributed by atoms with Gasteiger partial charge in [-0.3, -0.25) is 4.57 Å². The molecule has 0 fully saturated rings. The fourth-order valence-corrected chi connectivity index (χ4v) is 1.59. The third-order valence-corrected chi connectivity index (χ3v) is 2.33. The molecular formula is C11H7FN4. The Morgan fingerprint density at radius 3 is 2.88 bits per heavy atom. The van der Waals surface area contributed by atoms with Crippen LogP contribution in [0.4, 0.5) is 4.39 Å². The van der Waals surface area contributed by atoms with Crippen LogP contribution in [0.5, 0.6) is 0 Å². The Bertz CT molecular complexity index is 647. The molecule has 16 heavy (non-hydrogen) atoms. The topological polar surface area (TPSA) is 43.6 Å². The second-order valence-corrected chi connectivity index (χ2v) is 3.30. The van der Waals surface area contributed by atoms with Crippen molar-refractivity contribution in [3.8, 4) is 5.69 Å². The number of benzene rings is 1. The number of para-hydroxylation sites is 1. The first-order valence-corrected chi connectivity index (χ1v) is 4.74. The highest BCUT2D eigenvalue weighted by molar-refractivity contribution is 5.71. The van der Waals surface area contributed by atoms with Gasteiger partial charge < -0.3 is 0 Å². The Morgan fingerprint density at radius 1 is 1.12 bits per heavy atom. The summed E-state index contributed by atoms with van der Waals surface area (Å²) in [6.07, 6.45) is 4.55. The summed E-state index contributed by atoms with van der Waals surface area (Å²) in [4.78, 5) is 12.1. The SMILES string of the molecule is Fc1ccccc1-n1cnc2cncnc21. The molecule has 2 aromatic heterocycles. The van der Waals surface area contributed by atoms with Crippen LogP contribution < -0.4 is 0 Å². The zero-order chi connectivity index (χ0) is 11.0. The Hall–Kier alpha value is -2.30. The first-order valence-electron chi connectivity index (χ1n) is 4.74. The fraction of sp³-hybridized carbons (Fsp3) is 0. The van der Waals surface area contributed by atoms with Gasteiger partial charge in [0.1, 0.15) is 24.0 Å². The largest absolute Gasteiger partial charge is 0.280 e. The summed E-state index contributed by atoms with van der Waals surface area (Å²) < 4.78 is 15.2. The molecule has 0 atom stereocenters. The predicted octanol–water partition coefficient (Wildman–Crippen LogP) is 1.95. The standard InChI is InChI=1S/C11H7FN4/c12-8-3-1-2-4-10(8)16-7-15-9-5-13-6-14-11(9)16/h1-7H. The number of imidazole rings is 1. The molecule has 1 aromatic carbocycles. The molecule has 0 N–H and O–H groups in total. The number of rotatable bonds is 1. The fourth-order valence-electron chi connectivity index (χ4n) is 1.59. The summed E-state index contributed by atoms with van der Waals surface area (Å²) in [5.41, 5.74) is 1.68. The molecule has 78 valence electrons. The third-order valence-electron chi connectivity index (χ3n) is 2.33. The zero-order valence-electron chi connectivity index (χ0n) is 8.21. The normalized spacial score (nSPS) is 10.8. The van der Waals surface area contributed by atoms with Crippen molar-refractivity contribution in [2.45, 2.75) is 0 Å². The van der Waals surface area contributed by atoms with E-state index in [1.54, 1.807) is 29.0 Å². The highest BCUT2D eigenvalue weighted by Crippen LogP contribution is 2.17. The van der Waals surface area contributed by atoms with Crippen molar-refractivity contribution in [2.24, 2.45) is 0 Å². The Balaban J connectivity index is 2.31. The second-order valence-electron chi connectivity index (χ2n) is 3.30. The quantitative estimate of drug-likeness (QED) is 0.621. The molecule has 0 spiro atoms. The second kappa shape index (κ2) is 3.37. The van der Waals surface area contributed by atoms with Crippen LogP contribution in [0.2, 0.25) is 0 Å². The summed E-state index contributed by atoms with van der Waals surface area (Å²) in [5.74, 6) is -0.305. The van der Waals surface area contributed by atoms with E-state index in [-0.39, 0.29) is 5.82 Å². The van der Waals surface area contributed by atoms with Crippen molar-refractivity contribution in [3.63, 3.8) is 0 Å². The van der Waals surface area contributed by atoms with Crippen LogP contribution in [-0.4, -0.2) is 19.5 Å². The van der Waals surface area contributed by atoms with E-state index in [9.17, 15) is 4.39 Å². The summed E-state index contributed by atoms with van der Waals surface area (Å²) in [6, 6.07) is 6.50. The van der Waals surface area contributed by atoms with Gasteiger partial charge in [0.25, 0.3) is 0 Å². The molecule has 0 amide bonds. The summed E-state index contributed by atoms with van der Waals surface area (Å²) in [6.45, 7) is 0. The van der Waals surface area contributed by atoms with Gasteiger partial charge in [0.05, 0.1) is 11.9 Å². The maximum absolute atomic E-state index is 13.6. The van der Waals surface area contributed by atoms with Gasteiger partial charge in [-0.15, -0.1) is 0 Å². The van der Waals surface area contributed by atoms with Crippen molar-refractivity contribution in [3.05, 3.63) is 48.9 Å². The maximum atomic E-state index is 13.6. The van der Waals surface area contributed by atoms with Gasteiger partial charge in [-0.25, -0.2) is 19.3 Å². The zero-order valence-corrected chi connectivity index (χ0v) is 8.21. The van der Waals surface area contributed by atoms with Gasteiger partial charge in [0.2, 0.25) is 0 Å². The van der Waals surface area contributed by atoms with Crippen LogP contribution in [0, 0.1) is 5.82 Å². The van der Waals surface area contributed by atoms with E-state index < -0.39 is 0 Å². The van der Waals surface area contributed by atoms with E-state index in [0.29, 0.717) is 16.9 Å². The number of fused-ring (bicyclic) bond motifs is 1. The lowest BCUT2D eigenvalue weighted by Crippen LogP contribution is -1.96. The van der Waals surface area contributed by atoms with Crippen molar-refractivity contribution in [2.75, 3.05) is 0 Å². The smallest absolute Gasteiger partial charge is 0.167 e. The Kier molecular flexibility index (Phi) is 1.89. The molecule has 4 nitrogen and oxygen atoms in total. The highest BCUT2D eigenvalue weighted by Gasteiger charge is 2.08. The maximum Gasteiger partial charge on any atom is 0.167 e. The van der Waals surface area contributed by atoms with Gasteiger partial charge in [-0.05, 0) is 12.1 Å². The van der Waals surface area contributed by atoms with E-state index in [0.717, 1.165) is 0 Å². The van der Waals surface area contributed by atoms with Crippen LogP contribution in [0.25, 0.3) is 16.9 Å². The lowest BCUT2D eigenvalue weighted by atomic mass is 10.3. The van der Waals surface area contributed by atoms with Crippen LogP contribution in [-0.2, 0) is 0 Å². The summed E-state index contributed by atoms with van der Waals surface area (Å²) in [7, 11) is 0. The number of aromatic nitrogens is 4. The van der Waals surface area contributed by atoms with E-state index in [2.05, 4.69) is 15.0 Å². The molecule has 0 saturated carbocycles. The number of halogens is 1. The monoisotopic (exact) mass is 214 g/mol. The van der Waals surface area contributed by atoms with Crippen LogP contribution in [0.15, 0.2) is 43.1 Å². The molecule has 0 aliphatic carbocycles. The minimum absolute atomic E-state index is 0.305. The molecule has 0 unspecified atom stereocenters. The highest BCUT2D eigenvalue weighted by atomic mass is 19.1. The lowest BCUT2D eigenvalue weighted by molar-refractivity contribution is 0.619. The molecule has 0 aliphatic rings. The van der Waals surface area contributed by atoms with Crippen molar-refractivity contribution >= 4 is 11.2 Å². The van der Waals surface area contributed by atoms with Gasteiger partial charge in [-0.2, -0.15) is 0 Å². The summed E-state index contributed by atoms with van der Waals surface area (Å²) in [5, 5.41) is 0. The molecule has 5 heteroatoms. The first-order chi connectivity index (χ1) is 7.86.